The Balaban J connectivity index is 2.31. The van der Waals surface area contributed by atoms with E-state index in [1.54, 1.807) is 0 Å². The Morgan fingerprint density at radius 1 is 1.11 bits per heavy atom. The maximum Gasteiger partial charge on any atom is 0.147 e. The first-order chi connectivity index (χ1) is 8.50. The smallest absolute Gasteiger partial charge is 0.147 e. The Kier molecular flexibility index (Phi) is 7.04. The van der Waals surface area contributed by atoms with Gasteiger partial charge in [-0.05, 0) is 56.3 Å². The number of nitrogen functional groups attached to an aromatic ring is 1. The van der Waals surface area contributed by atoms with Gasteiger partial charge in [-0.15, -0.1) is 0 Å². The van der Waals surface area contributed by atoms with Gasteiger partial charge in [0.2, 0.25) is 0 Å². The number of nitrogens with two attached hydrogens (primary N) is 1. The molecule has 0 unspecified atom stereocenters. The van der Waals surface area contributed by atoms with E-state index in [-0.39, 0.29) is 0 Å². The molecule has 1 aromatic carbocycles. The number of anilines is 1. The van der Waals surface area contributed by atoms with Gasteiger partial charge in [0.15, 0.2) is 0 Å². The maximum absolute atomic E-state index is 5.71. The van der Waals surface area contributed by atoms with Crippen LogP contribution in [0.2, 0.25) is 0 Å². The first-order valence-corrected chi connectivity index (χ1v) is 7.54. The summed E-state index contributed by atoms with van der Waals surface area (Å²) in [6.45, 7) is 6.27. The molecular formula is C13H19Br2NO2. The standard InChI is InChI=1S/C13H19Br2NO2/c1-9(2)3-4-17-5-6-18-13-11(14)7-10(16)8-12(13)15/h7-9H,3-6,16H2,1-2H3. The lowest BCUT2D eigenvalue weighted by atomic mass is 10.1. The molecule has 0 fully saturated rings. The van der Waals surface area contributed by atoms with Gasteiger partial charge < -0.3 is 15.2 Å². The lowest BCUT2D eigenvalue weighted by molar-refractivity contribution is 0.0921. The highest BCUT2D eigenvalue weighted by molar-refractivity contribution is 9.11. The van der Waals surface area contributed by atoms with E-state index in [0.29, 0.717) is 24.8 Å². The van der Waals surface area contributed by atoms with E-state index in [0.717, 1.165) is 27.7 Å². The van der Waals surface area contributed by atoms with Crippen LogP contribution in [0.4, 0.5) is 5.69 Å². The molecule has 0 heterocycles. The van der Waals surface area contributed by atoms with Crippen molar-refractivity contribution in [2.75, 3.05) is 25.6 Å². The number of hydrogen-bond acceptors (Lipinski definition) is 3. The average molecular weight is 381 g/mol. The Morgan fingerprint density at radius 3 is 2.28 bits per heavy atom. The van der Waals surface area contributed by atoms with Crippen molar-refractivity contribution in [3.05, 3.63) is 21.1 Å². The van der Waals surface area contributed by atoms with Gasteiger partial charge in [-0.2, -0.15) is 0 Å². The molecule has 5 heteroatoms. The van der Waals surface area contributed by atoms with Crippen LogP contribution in [0.25, 0.3) is 0 Å². The topological polar surface area (TPSA) is 44.5 Å². The van der Waals surface area contributed by atoms with Crippen LogP contribution in [0.5, 0.6) is 5.75 Å². The van der Waals surface area contributed by atoms with Crippen LogP contribution in [0.1, 0.15) is 20.3 Å². The van der Waals surface area contributed by atoms with Gasteiger partial charge in [0.05, 0.1) is 15.6 Å². The third kappa shape index (κ3) is 5.59. The Hall–Kier alpha value is -0.260. The third-order valence-electron chi connectivity index (χ3n) is 2.33. The van der Waals surface area contributed by atoms with Crippen molar-refractivity contribution in [1.82, 2.24) is 0 Å². The summed E-state index contributed by atoms with van der Waals surface area (Å²) in [5.74, 6) is 1.43. The number of rotatable bonds is 7. The molecule has 2 N–H and O–H groups in total. The fraction of sp³-hybridized carbons (Fsp3) is 0.538. The van der Waals surface area contributed by atoms with Crippen molar-refractivity contribution in [2.45, 2.75) is 20.3 Å². The van der Waals surface area contributed by atoms with Crippen molar-refractivity contribution < 1.29 is 9.47 Å². The van der Waals surface area contributed by atoms with Gasteiger partial charge in [0.1, 0.15) is 12.4 Å². The van der Waals surface area contributed by atoms with Gasteiger partial charge in [-0.3, -0.25) is 0 Å². The van der Waals surface area contributed by atoms with Crippen LogP contribution in [0, 0.1) is 5.92 Å². The zero-order chi connectivity index (χ0) is 13.5. The Labute approximate surface area is 125 Å². The van der Waals surface area contributed by atoms with E-state index in [1.807, 2.05) is 12.1 Å². The van der Waals surface area contributed by atoms with Gasteiger partial charge >= 0.3 is 0 Å². The minimum absolute atomic E-state index is 0.527. The Bertz CT molecular complexity index is 360. The highest BCUT2D eigenvalue weighted by Gasteiger charge is 2.07. The summed E-state index contributed by atoms with van der Waals surface area (Å²) in [5, 5.41) is 0. The maximum atomic E-state index is 5.71. The third-order valence-corrected chi connectivity index (χ3v) is 3.51. The second kappa shape index (κ2) is 8.02. The average Bonchev–Trinajstić information content (AvgIpc) is 2.25. The van der Waals surface area contributed by atoms with E-state index < -0.39 is 0 Å². The lowest BCUT2D eigenvalue weighted by Crippen LogP contribution is -2.09. The highest BCUT2D eigenvalue weighted by atomic mass is 79.9. The summed E-state index contributed by atoms with van der Waals surface area (Å²) in [7, 11) is 0. The van der Waals surface area contributed by atoms with Crippen LogP contribution >= 0.6 is 31.9 Å². The van der Waals surface area contributed by atoms with Gasteiger partial charge in [-0.25, -0.2) is 0 Å². The first kappa shape index (κ1) is 15.8. The minimum Gasteiger partial charge on any atom is -0.489 e. The Morgan fingerprint density at radius 2 is 1.72 bits per heavy atom. The molecule has 1 rings (SSSR count). The van der Waals surface area contributed by atoms with Crippen LogP contribution in [-0.2, 0) is 4.74 Å². The van der Waals surface area contributed by atoms with E-state index in [4.69, 9.17) is 15.2 Å². The molecule has 1 aromatic rings. The normalized spacial score (nSPS) is 10.9. The molecule has 0 radical (unpaired) electrons. The number of halogens is 2. The second-order valence-electron chi connectivity index (χ2n) is 4.46. The molecule has 0 amide bonds. The van der Waals surface area contributed by atoms with E-state index >= 15 is 0 Å². The molecule has 3 nitrogen and oxygen atoms in total. The van der Waals surface area contributed by atoms with Crippen LogP contribution in [-0.4, -0.2) is 19.8 Å². The van der Waals surface area contributed by atoms with Gasteiger partial charge in [0, 0.05) is 12.3 Å². The first-order valence-electron chi connectivity index (χ1n) is 5.95. The molecule has 0 spiro atoms. The van der Waals surface area contributed by atoms with E-state index in [9.17, 15) is 0 Å². The lowest BCUT2D eigenvalue weighted by Gasteiger charge is -2.11. The molecule has 0 aliphatic rings. The second-order valence-corrected chi connectivity index (χ2v) is 6.17. The van der Waals surface area contributed by atoms with E-state index in [1.165, 1.54) is 0 Å². The van der Waals surface area contributed by atoms with Crippen molar-refractivity contribution in [3.63, 3.8) is 0 Å². The molecule has 0 atom stereocenters. The number of hydrogen-bond donors (Lipinski definition) is 1. The van der Waals surface area contributed by atoms with Crippen molar-refractivity contribution >= 4 is 37.5 Å². The molecule has 0 aliphatic carbocycles. The van der Waals surface area contributed by atoms with Crippen LogP contribution < -0.4 is 10.5 Å². The molecule has 0 aliphatic heterocycles. The predicted molar refractivity (Wildman–Crippen MR) is 82.0 cm³/mol. The van der Waals surface area contributed by atoms with Crippen molar-refractivity contribution in [1.29, 1.82) is 0 Å². The number of ether oxygens (including phenoxy) is 2. The zero-order valence-corrected chi connectivity index (χ0v) is 13.9. The largest absolute Gasteiger partial charge is 0.489 e. The fourth-order valence-electron chi connectivity index (χ4n) is 1.34. The molecule has 0 bridgehead atoms. The predicted octanol–water partition coefficient (Wildman–Crippen LogP) is 4.24. The van der Waals surface area contributed by atoms with Crippen molar-refractivity contribution in [3.8, 4) is 5.75 Å². The summed E-state index contributed by atoms with van der Waals surface area (Å²) >= 11 is 6.85. The zero-order valence-electron chi connectivity index (χ0n) is 10.7. The summed E-state index contributed by atoms with van der Waals surface area (Å²) in [4.78, 5) is 0. The van der Waals surface area contributed by atoms with Crippen LogP contribution in [0.15, 0.2) is 21.1 Å². The SMILES string of the molecule is CC(C)CCOCCOc1c(Br)cc(N)cc1Br. The molecule has 0 aromatic heterocycles. The van der Waals surface area contributed by atoms with Gasteiger partial charge in [0.25, 0.3) is 0 Å². The monoisotopic (exact) mass is 379 g/mol. The molecule has 102 valence electrons. The minimum atomic E-state index is 0.527. The summed E-state index contributed by atoms with van der Waals surface area (Å²) < 4.78 is 12.8. The summed E-state index contributed by atoms with van der Waals surface area (Å²) in [5.41, 5.74) is 6.40. The highest BCUT2D eigenvalue weighted by Crippen LogP contribution is 2.35. The fourth-order valence-corrected chi connectivity index (χ4v) is 2.79. The van der Waals surface area contributed by atoms with Gasteiger partial charge in [-0.1, -0.05) is 13.8 Å². The summed E-state index contributed by atoms with van der Waals surface area (Å²) in [6.07, 6.45) is 1.08. The van der Waals surface area contributed by atoms with Crippen LogP contribution in [0.3, 0.4) is 0 Å². The molecule has 0 saturated heterocycles. The van der Waals surface area contributed by atoms with Crippen molar-refractivity contribution in [2.24, 2.45) is 5.92 Å². The number of benzene rings is 1. The van der Waals surface area contributed by atoms with E-state index in [2.05, 4.69) is 45.7 Å². The summed E-state index contributed by atoms with van der Waals surface area (Å²) in [6, 6.07) is 3.64. The molecule has 0 saturated carbocycles. The quantitative estimate of drug-likeness (QED) is 0.568. The molecule has 18 heavy (non-hydrogen) atoms. The molecular weight excluding hydrogens is 362 g/mol.